The van der Waals surface area contributed by atoms with Gasteiger partial charge in [0, 0.05) is 0 Å². The first-order chi connectivity index (χ1) is 11.5. The molecule has 0 aliphatic heterocycles. The van der Waals surface area contributed by atoms with Crippen LogP contribution in [0, 0.1) is 0 Å². The van der Waals surface area contributed by atoms with Crippen LogP contribution in [0.2, 0.25) is 0 Å². The molecule has 5 nitrogen and oxygen atoms in total. The minimum atomic E-state index is -5.99. The summed E-state index contributed by atoms with van der Waals surface area (Å²) in [5.74, 6) is 0. The Kier molecular flexibility index (Phi) is 8.74. The maximum atomic E-state index is 13.2. The Labute approximate surface area is 142 Å². The van der Waals surface area contributed by atoms with Crippen molar-refractivity contribution in [2.24, 2.45) is 0 Å². The van der Waals surface area contributed by atoms with E-state index in [2.05, 4.69) is 17.8 Å². The van der Waals surface area contributed by atoms with Gasteiger partial charge in [-0.25, -0.2) is 8.37 Å². The molecular weight excluding hydrogens is 422 g/mol. The molecule has 158 valence electrons. The lowest BCUT2D eigenvalue weighted by molar-refractivity contribution is -0.353. The number of halogens is 10. The van der Waals surface area contributed by atoms with E-state index in [9.17, 15) is 48.1 Å². The van der Waals surface area contributed by atoms with Gasteiger partial charge in [0.05, 0.1) is 13.2 Å². The van der Waals surface area contributed by atoms with Crippen molar-refractivity contribution in [3.63, 3.8) is 0 Å². The number of ether oxygens (including phenoxy) is 2. The molecule has 0 amide bonds. The first-order valence-electron chi connectivity index (χ1n) is 6.42. The Balaban J connectivity index is 5.48. The quantitative estimate of drug-likeness (QED) is 0.491. The molecule has 0 aliphatic rings. The predicted octanol–water partition coefficient (Wildman–Crippen LogP) is 3.72. The topological polar surface area (TPSA) is 54.0 Å². The Morgan fingerprint density at radius 2 is 0.962 bits per heavy atom. The van der Waals surface area contributed by atoms with E-state index in [0.717, 1.165) is 13.8 Å². The van der Waals surface area contributed by atoms with Crippen molar-refractivity contribution in [1.29, 1.82) is 0 Å². The summed E-state index contributed by atoms with van der Waals surface area (Å²) < 4.78 is 153. The van der Waals surface area contributed by atoms with E-state index in [1.54, 1.807) is 0 Å². The van der Waals surface area contributed by atoms with Crippen molar-refractivity contribution in [3.05, 3.63) is 0 Å². The van der Waals surface area contributed by atoms with Crippen molar-refractivity contribution in [2.75, 3.05) is 13.2 Å². The molecule has 0 aromatic heterocycles. The normalized spacial score (nSPS) is 17.8. The molecule has 0 bridgehead atoms. The molecule has 0 rings (SSSR count). The summed E-state index contributed by atoms with van der Waals surface area (Å²) in [4.78, 5) is 0. The highest BCUT2D eigenvalue weighted by molar-refractivity contribution is 7.75. The lowest BCUT2D eigenvalue weighted by atomic mass is 10.3. The summed E-state index contributed by atoms with van der Waals surface area (Å²) >= 11 is -4.33. The lowest BCUT2D eigenvalue weighted by Gasteiger charge is -2.29. The van der Waals surface area contributed by atoms with Gasteiger partial charge in [0.15, 0.2) is 0 Å². The molecule has 0 radical (unpaired) electrons. The van der Waals surface area contributed by atoms with Crippen LogP contribution in [0.3, 0.4) is 0 Å². The highest BCUT2D eigenvalue weighted by Crippen LogP contribution is 2.39. The molecule has 0 saturated heterocycles. The summed E-state index contributed by atoms with van der Waals surface area (Å²) in [6.45, 7) is -0.303. The molecule has 0 saturated carbocycles. The molecule has 0 aliphatic carbocycles. The average molecular weight is 434 g/mol. The average Bonchev–Trinajstić information content (AvgIpc) is 2.39. The molecule has 0 heterocycles. The molecule has 16 heteroatoms. The summed E-state index contributed by atoms with van der Waals surface area (Å²) in [6.07, 6.45) is -31.1. The van der Waals surface area contributed by atoms with Crippen LogP contribution >= 0.6 is 0 Å². The molecule has 2 unspecified atom stereocenters. The fourth-order valence-electron chi connectivity index (χ4n) is 1.32. The van der Waals surface area contributed by atoms with Crippen LogP contribution in [0.25, 0.3) is 0 Å². The van der Waals surface area contributed by atoms with Gasteiger partial charge in [0.2, 0.25) is 0 Å². The third kappa shape index (κ3) is 7.50. The molecule has 0 spiro atoms. The summed E-state index contributed by atoms with van der Waals surface area (Å²) in [6, 6.07) is 0. The lowest BCUT2D eigenvalue weighted by Crippen LogP contribution is -2.51. The maximum absolute atomic E-state index is 13.2. The Morgan fingerprint density at radius 3 is 1.15 bits per heavy atom. The molecule has 2 atom stereocenters. The molecule has 0 N–H and O–H groups in total. The third-order valence-electron chi connectivity index (χ3n) is 2.23. The smallest absolute Gasteiger partial charge is 0.318 e. The van der Waals surface area contributed by atoms with Crippen LogP contribution in [0.1, 0.15) is 13.8 Å². The number of hydrogen-bond donors (Lipinski definition) is 0. The largest absolute Gasteiger partial charge is 0.424 e. The van der Waals surface area contributed by atoms with Crippen LogP contribution in [-0.4, -0.2) is 54.2 Å². The van der Waals surface area contributed by atoms with Crippen LogP contribution in [0.4, 0.5) is 43.9 Å². The van der Waals surface area contributed by atoms with E-state index in [4.69, 9.17) is 0 Å². The second-order valence-corrected chi connectivity index (χ2v) is 5.02. The van der Waals surface area contributed by atoms with Crippen molar-refractivity contribution < 1.29 is 66.0 Å². The molecule has 0 fully saturated rings. The summed E-state index contributed by atoms with van der Waals surface area (Å²) in [5.41, 5.74) is 0. The zero-order valence-electron chi connectivity index (χ0n) is 12.8. The van der Waals surface area contributed by atoms with Gasteiger partial charge in [0.1, 0.15) is 0 Å². The van der Waals surface area contributed by atoms with Gasteiger partial charge in [-0.05, 0) is 13.8 Å². The van der Waals surface area contributed by atoms with E-state index >= 15 is 0 Å². The van der Waals surface area contributed by atoms with Gasteiger partial charge < -0.3 is 9.47 Å². The van der Waals surface area contributed by atoms with E-state index in [-0.39, 0.29) is 0 Å². The van der Waals surface area contributed by atoms with E-state index in [1.807, 2.05) is 0 Å². The molecule has 0 aromatic carbocycles. The van der Waals surface area contributed by atoms with Gasteiger partial charge in [0.25, 0.3) is 12.2 Å². The number of alkyl halides is 10. The van der Waals surface area contributed by atoms with Gasteiger partial charge >= 0.3 is 35.9 Å². The second-order valence-electron chi connectivity index (χ2n) is 4.23. The third-order valence-corrected chi connectivity index (χ3v) is 2.93. The van der Waals surface area contributed by atoms with Crippen molar-refractivity contribution >= 4 is 11.4 Å². The first kappa shape index (κ1) is 25.3. The number of hydrogen-bond acceptors (Lipinski definition) is 5. The monoisotopic (exact) mass is 434 g/mol. The van der Waals surface area contributed by atoms with Crippen LogP contribution in [0.5, 0.6) is 0 Å². The summed E-state index contributed by atoms with van der Waals surface area (Å²) in [5, 5.41) is 0. The van der Waals surface area contributed by atoms with Crippen molar-refractivity contribution in [2.45, 2.75) is 50.6 Å². The highest BCUT2D eigenvalue weighted by atomic mass is 32.2. The van der Waals surface area contributed by atoms with Crippen LogP contribution < -0.4 is 0 Å². The SMILES string of the molecule is CCOC(F)(F)C(OS(=O)OC(C(F)(F)F)C(F)(F)OCC)C(F)(F)F. The fourth-order valence-corrected chi connectivity index (χ4v) is 2.12. The Bertz CT molecular complexity index is 426. The summed E-state index contributed by atoms with van der Waals surface area (Å²) in [7, 11) is 0. The highest BCUT2D eigenvalue weighted by Gasteiger charge is 2.62. The van der Waals surface area contributed by atoms with Crippen molar-refractivity contribution in [1.82, 2.24) is 0 Å². The predicted molar refractivity (Wildman–Crippen MR) is 63.1 cm³/mol. The zero-order valence-corrected chi connectivity index (χ0v) is 13.6. The van der Waals surface area contributed by atoms with Gasteiger partial charge in [-0.15, -0.1) is 0 Å². The Morgan fingerprint density at radius 1 is 0.692 bits per heavy atom. The zero-order chi connectivity index (χ0) is 21.0. The van der Waals surface area contributed by atoms with Crippen LogP contribution in [0.15, 0.2) is 0 Å². The molecule has 0 aromatic rings. The van der Waals surface area contributed by atoms with Crippen LogP contribution in [-0.2, 0) is 29.2 Å². The van der Waals surface area contributed by atoms with Gasteiger partial charge in [-0.1, -0.05) is 0 Å². The van der Waals surface area contributed by atoms with E-state index < -0.39 is 61.4 Å². The first-order valence-corrected chi connectivity index (χ1v) is 7.42. The van der Waals surface area contributed by atoms with Crippen molar-refractivity contribution in [3.8, 4) is 0 Å². The van der Waals surface area contributed by atoms with E-state index in [0.29, 0.717) is 0 Å². The minimum Gasteiger partial charge on any atom is -0.318 e. The number of rotatable bonds is 10. The molecule has 26 heavy (non-hydrogen) atoms. The second kappa shape index (κ2) is 8.99. The maximum Gasteiger partial charge on any atom is 0.424 e. The van der Waals surface area contributed by atoms with Gasteiger partial charge in [-0.2, -0.15) is 48.1 Å². The molecular formula is C10H12F10O5S. The Hall–Kier alpha value is -0.710. The van der Waals surface area contributed by atoms with E-state index in [1.165, 1.54) is 0 Å². The fraction of sp³-hybridized carbons (Fsp3) is 1.00. The standard InChI is InChI=1S/C10H12F10O5S/c1-3-22-9(17,18)5(7(11,12)13)24-26(21)25-6(8(14,15)16)10(19,20)23-4-2/h5-6H,3-4H2,1-2H3. The van der Waals surface area contributed by atoms with Gasteiger partial charge in [-0.3, -0.25) is 0 Å². The minimum absolute atomic E-state index is 0.844.